The monoisotopic (exact) mass is 263 g/mol. The van der Waals surface area contributed by atoms with Gasteiger partial charge in [-0.1, -0.05) is 13.0 Å². The average Bonchev–Trinajstić information content (AvgIpc) is 2.69. The summed E-state index contributed by atoms with van der Waals surface area (Å²) in [6.45, 7) is 4.75. The molecule has 0 bridgehead atoms. The van der Waals surface area contributed by atoms with Crippen LogP contribution in [0.1, 0.15) is 22.8 Å². The third-order valence-corrected chi connectivity index (χ3v) is 3.61. The number of hydrogen-bond acceptors (Lipinski definition) is 4. The Morgan fingerprint density at radius 1 is 1.47 bits per heavy atom. The van der Waals surface area contributed by atoms with Crippen molar-refractivity contribution < 1.29 is 9.72 Å². The van der Waals surface area contributed by atoms with Crippen molar-refractivity contribution in [2.24, 2.45) is 11.7 Å². The molecule has 1 aliphatic heterocycles. The van der Waals surface area contributed by atoms with Crippen molar-refractivity contribution in [1.29, 1.82) is 0 Å². The van der Waals surface area contributed by atoms with E-state index in [0.29, 0.717) is 24.2 Å². The average molecular weight is 263 g/mol. The number of carbonyl (C=O) groups excluding carboxylic acids is 1. The number of likely N-dealkylation sites (tertiary alicyclic amines) is 1. The number of carbonyl (C=O) groups is 1. The number of nitro benzene ring substituents is 1. The van der Waals surface area contributed by atoms with Gasteiger partial charge in [-0.15, -0.1) is 0 Å². The third-order valence-electron chi connectivity index (χ3n) is 3.61. The van der Waals surface area contributed by atoms with Gasteiger partial charge in [0.15, 0.2) is 0 Å². The SMILES string of the molecule is Cc1ccc(C(=O)N2CC(C)C(N)C2)cc1[N+](=O)[O-]. The maximum atomic E-state index is 12.3. The zero-order valence-corrected chi connectivity index (χ0v) is 11.0. The molecule has 2 N–H and O–H groups in total. The second kappa shape index (κ2) is 4.97. The van der Waals surface area contributed by atoms with Crippen molar-refractivity contribution in [2.75, 3.05) is 13.1 Å². The first-order chi connectivity index (χ1) is 8.90. The molecular formula is C13H17N3O3. The van der Waals surface area contributed by atoms with Crippen molar-refractivity contribution in [3.05, 3.63) is 39.4 Å². The Bertz CT molecular complexity index is 520. The number of nitro groups is 1. The Morgan fingerprint density at radius 3 is 2.68 bits per heavy atom. The number of rotatable bonds is 2. The van der Waals surface area contributed by atoms with Crippen LogP contribution in [-0.4, -0.2) is 34.9 Å². The molecule has 1 heterocycles. The minimum Gasteiger partial charge on any atom is -0.337 e. The van der Waals surface area contributed by atoms with E-state index in [9.17, 15) is 14.9 Å². The van der Waals surface area contributed by atoms with Crippen LogP contribution in [0.15, 0.2) is 18.2 Å². The number of hydrogen-bond donors (Lipinski definition) is 1. The molecule has 0 aromatic heterocycles. The molecule has 6 nitrogen and oxygen atoms in total. The highest BCUT2D eigenvalue weighted by Gasteiger charge is 2.30. The first kappa shape index (κ1) is 13.5. The predicted molar refractivity (Wildman–Crippen MR) is 70.9 cm³/mol. The molecule has 1 fully saturated rings. The summed E-state index contributed by atoms with van der Waals surface area (Å²) < 4.78 is 0. The zero-order valence-electron chi connectivity index (χ0n) is 11.0. The van der Waals surface area contributed by atoms with Gasteiger partial charge in [0.25, 0.3) is 11.6 Å². The molecule has 0 aliphatic carbocycles. The highest BCUT2D eigenvalue weighted by atomic mass is 16.6. The minimum absolute atomic E-state index is 0.0237. The standard InChI is InChI=1S/C13H17N3O3/c1-8-3-4-10(5-12(8)16(18)19)13(17)15-6-9(2)11(14)7-15/h3-5,9,11H,6-7,14H2,1-2H3. The maximum Gasteiger partial charge on any atom is 0.273 e. The molecule has 1 aromatic carbocycles. The Balaban J connectivity index is 2.25. The maximum absolute atomic E-state index is 12.3. The van der Waals surface area contributed by atoms with Crippen LogP contribution in [0.2, 0.25) is 0 Å². The van der Waals surface area contributed by atoms with E-state index in [4.69, 9.17) is 5.73 Å². The van der Waals surface area contributed by atoms with Crippen molar-refractivity contribution >= 4 is 11.6 Å². The van der Waals surface area contributed by atoms with Gasteiger partial charge in [0.1, 0.15) is 0 Å². The van der Waals surface area contributed by atoms with E-state index in [1.807, 2.05) is 6.92 Å². The summed E-state index contributed by atoms with van der Waals surface area (Å²) >= 11 is 0. The molecule has 2 atom stereocenters. The molecule has 0 radical (unpaired) electrons. The molecule has 1 aliphatic rings. The lowest BCUT2D eigenvalue weighted by molar-refractivity contribution is -0.385. The molecular weight excluding hydrogens is 246 g/mol. The highest BCUT2D eigenvalue weighted by molar-refractivity contribution is 5.95. The first-order valence-corrected chi connectivity index (χ1v) is 6.20. The van der Waals surface area contributed by atoms with Crippen LogP contribution in [0, 0.1) is 23.0 Å². The van der Waals surface area contributed by atoms with Gasteiger partial charge in [-0.05, 0) is 18.9 Å². The molecule has 6 heteroatoms. The molecule has 1 saturated heterocycles. The molecule has 1 aromatic rings. The topological polar surface area (TPSA) is 89.5 Å². The second-order valence-corrected chi connectivity index (χ2v) is 5.11. The number of nitrogens with zero attached hydrogens (tertiary/aromatic N) is 2. The Labute approximate surface area is 111 Å². The van der Waals surface area contributed by atoms with Gasteiger partial charge in [0.05, 0.1) is 4.92 Å². The van der Waals surface area contributed by atoms with Crippen LogP contribution >= 0.6 is 0 Å². The van der Waals surface area contributed by atoms with E-state index < -0.39 is 4.92 Å². The lowest BCUT2D eigenvalue weighted by Gasteiger charge is -2.15. The quantitative estimate of drug-likeness (QED) is 0.643. The van der Waals surface area contributed by atoms with Gasteiger partial charge in [-0.3, -0.25) is 14.9 Å². The summed E-state index contributed by atoms with van der Waals surface area (Å²) in [4.78, 5) is 24.3. The first-order valence-electron chi connectivity index (χ1n) is 6.20. The van der Waals surface area contributed by atoms with Crippen molar-refractivity contribution in [1.82, 2.24) is 4.90 Å². The predicted octanol–water partition coefficient (Wildman–Crippen LogP) is 1.32. The normalized spacial score (nSPS) is 22.6. The van der Waals surface area contributed by atoms with E-state index in [1.165, 1.54) is 6.07 Å². The minimum atomic E-state index is -0.468. The zero-order chi connectivity index (χ0) is 14.2. The lowest BCUT2D eigenvalue weighted by Crippen LogP contribution is -2.32. The van der Waals surface area contributed by atoms with Gasteiger partial charge in [-0.25, -0.2) is 0 Å². The molecule has 19 heavy (non-hydrogen) atoms. The summed E-state index contributed by atoms with van der Waals surface area (Å²) in [7, 11) is 0. The smallest absolute Gasteiger partial charge is 0.273 e. The number of amides is 1. The van der Waals surface area contributed by atoms with Crippen molar-refractivity contribution in [2.45, 2.75) is 19.9 Å². The van der Waals surface area contributed by atoms with Gasteiger partial charge < -0.3 is 10.6 Å². The van der Waals surface area contributed by atoms with Gasteiger partial charge >= 0.3 is 0 Å². The van der Waals surface area contributed by atoms with Crippen LogP contribution in [0.5, 0.6) is 0 Å². The molecule has 1 amide bonds. The largest absolute Gasteiger partial charge is 0.337 e. The van der Waals surface area contributed by atoms with Crippen LogP contribution < -0.4 is 5.73 Å². The lowest BCUT2D eigenvalue weighted by atomic mass is 10.1. The molecule has 102 valence electrons. The van der Waals surface area contributed by atoms with E-state index >= 15 is 0 Å². The van der Waals surface area contributed by atoms with Gasteiger partial charge in [-0.2, -0.15) is 0 Å². The number of benzene rings is 1. The van der Waals surface area contributed by atoms with E-state index in [2.05, 4.69) is 0 Å². The summed E-state index contributed by atoms with van der Waals surface area (Å²) in [6, 6.07) is 4.54. The van der Waals surface area contributed by atoms with Crippen LogP contribution in [0.25, 0.3) is 0 Å². The Morgan fingerprint density at radius 2 is 2.16 bits per heavy atom. The Kier molecular flexibility index (Phi) is 3.53. The van der Waals surface area contributed by atoms with E-state index in [-0.39, 0.29) is 23.6 Å². The Hall–Kier alpha value is -1.95. The number of aryl methyl sites for hydroxylation is 1. The van der Waals surface area contributed by atoms with Gasteiger partial charge in [0, 0.05) is 36.3 Å². The number of nitrogens with two attached hydrogens (primary N) is 1. The summed E-state index contributed by atoms with van der Waals surface area (Å²) in [6.07, 6.45) is 0. The molecule has 2 unspecified atom stereocenters. The summed E-state index contributed by atoms with van der Waals surface area (Å²) in [5, 5.41) is 10.9. The molecule has 0 saturated carbocycles. The van der Waals surface area contributed by atoms with Gasteiger partial charge in [0.2, 0.25) is 0 Å². The second-order valence-electron chi connectivity index (χ2n) is 5.11. The third kappa shape index (κ3) is 2.58. The highest BCUT2D eigenvalue weighted by Crippen LogP contribution is 2.22. The van der Waals surface area contributed by atoms with Crippen LogP contribution in [0.4, 0.5) is 5.69 Å². The van der Waals surface area contributed by atoms with Crippen molar-refractivity contribution in [3.8, 4) is 0 Å². The van der Waals surface area contributed by atoms with Crippen molar-refractivity contribution in [3.63, 3.8) is 0 Å². The van der Waals surface area contributed by atoms with Crippen LogP contribution in [-0.2, 0) is 0 Å². The fraction of sp³-hybridized carbons (Fsp3) is 0.462. The summed E-state index contributed by atoms with van der Waals surface area (Å²) in [5.74, 6) is 0.0623. The van der Waals surface area contributed by atoms with E-state index in [0.717, 1.165) is 0 Å². The summed E-state index contributed by atoms with van der Waals surface area (Å²) in [5.41, 5.74) is 6.75. The molecule has 0 spiro atoms. The fourth-order valence-electron chi connectivity index (χ4n) is 2.28. The van der Waals surface area contributed by atoms with Crippen LogP contribution in [0.3, 0.4) is 0 Å². The molecule has 2 rings (SSSR count). The van der Waals surface area contributed by atoms with E-state index in [1.54, 1.807) is 24.0 Å². The fourth-order valence-corrected chi connectivity index (χ4v) is 2.28.